The molecule has 0 saturated carbocycles. The number of rotatable bonds is 1. The average Bonchev–Trinajstić information content (AvgIpc) is 2.17. The van der Waals surface area contributed by atoms with Crippen LogP contribution in [0.1, 0.15) is 34.7 Å². The molecule has 80 valence electrons. The summed E-state index contributed by atoms with van der Waals surface area (Å²) in [7, 11) is 0. The topological polar surface area (TPSA) is 12.0 Å². The molecule has 2 rings (SSSR count). The Labute approximate surface area is 92.2 Å². The lowest BCUT2D eigenvalue weighted by atomic mass is 9.87. The number of nitrogens with one attached hydrogen (secondary N) is 1. The second-order valence-electron chi connectivity index (χ2n) is 4.54. The zero-order chi connectivity index (χ0) is 11.0. The van der Waals surface area contributed by atoms with Gasteiger partial charge in [0.2, 0.25) is 0 Å². The number of hydrogen-bond donors (Lipinski definition) is 1. The Morgan fingerprint density at radius 3 is 2.80 bits per heavy atom. The van der Waals surface area contributed by atoms with E-state index in [0.29, 0.717) is 0 Å². The van der Waals surface area contributed by atoms with Crippen molar-refractivity contribution in [3.05, 3.63) is 40.5 Å². The first-order valence-corrected chi connectivity index (χ1v) is 5.60. The summed E-state index contributed by atoms with van der Waals surface area (Å²) >= 11 is 0. The van der Waals surface area contributed by atoms with Crippen molar-refractivity contribution in [3.8, 4) is 0 Å². The van der Waals surface area contributed by atoms with E-state index in [1.165, 1.54) is 33.4 Å². The zero-order valence-corrected chi connectivity index (χ0v) is 9.91. The highest BCUT2D eigenvalue weighted by Crippen LogP contribution is 2.28. The van der Waals surface area contributed by atoms with Gasteiger partial charge < -0.3 is 5.32 Å². The first kappa shape index (κ1) is 10.4. The quantitative estimate of drug-likeness (QED) is 0.736. The van der Waals surface area contributed by atoms with Gasteiger partial charge in [0.25, 0.3) is 0 Å². The van der Waals surface area contributed by atoms with Gasteiger partial charge in [-0.3, -0.25) is 0 Å². The highest BCUT2D eigenvalue weighted by Gasteiger charge is 2.15. The third-order valence-corrected chi connectivity index (χ3v) is 3.29. The van der Waals surface area contributed by atoms with E-state index < -0.39 is 0 Å². The van der Waals surface area contributed by atoms with Crippen molar-refractivity contribution in [2.75, 3.05) is 6.54 Å². The molecule has 1 N–H and O–H groups in total. The molecule has 0 unspecified atom stereocenters. The highest BCUT2D eigenvalue weighted by atomic mass is 14.9. The van der Waals surface area contributed by atoms with Crippen molar-refractivity contribution in [3.63, 3.8) is 0 Å². The SMILES string of the molecule is C=C(C)c1c(C)cc2c(c1C)CCNC2. The van der Waals surface area contributed by atoms with Gasteiger partial charge in [0.15, 0.2) is 0 Å². The van der Waals surface area contributed by atoms with E-state index in [1.807, 2.05) is 0 Å². The Morgan fingerprint density at radius 2 is 2.13 bits per heavy atom. The van der Waals surface area contributed by atoms with Crippen LogP contribution >= 0.6 is 0 Å². The van der Waals surface area contributed by atoms with Gasteiger partial charge >= 0.3 is 0 Å². The van der Waals surface area contributed by atoms with Gasteiger partial charge in [0.05, 0.1) is 0 Å². The van der Waals surface area contributed by atoms with Crippen molar-refractivity contribution in [2.45, 2.75) is 33.7 Å². The number of hydrogen-bond acceptors (Lipinski definition) is 1. The maximum atomic E-state index is 4.08. The Hall–Kier alpha value is -1.08. The molecule has 1 heterocycles. The molecule has 1 nitrogen and oxygen atoms in total. The molecule has 1 aliphatic heterocycles. The van der Waals surface area contributed by atoms with Crippen LogP contribution in [0.4, 0.5) is 0 Å². The van der Waals surface area contributed by atoms with E-state index in [9.17, 15) is 0 Å². The minimum Gasteiger partial charge on any atom is -0.312 e. The molecule has 0 aliphatic carbocycles. The van der Waals surface area contributed by atoms with Crippen molar-refractivity contribution < 1.29 is 0 Å². The normalized spacial score (nSPS) is 14.9. The molecule has 0 bridgehead atoms. The predicted molar refractivity (Wildman–Crippen MR) is 66.0 cm³/mol. The molecule has 0 amide bonds. The summed E-state index contributed by atoms with van der Waals surface area (Å²) in [4.78, 5) is 0. The van der Waals surface area contributed by atoms with Crippen LogP contribution in [0.2, 0.25) is 0 Å². The van der Waals surface area contributed by atoms with Crippen molar-refractivity contribution >= 4 is 5.57 Å². The standard InChI is InChI=1S/C14H19N/c1-9(2)14-10(3)7-12-8-15-6-5-13(12)11(14)4/h7,15H,1,5-6,8H2,2-4H3. The lowest BCUT2D eigenvalue weighted by molar-refractivity contribution is 0.640. The van der Waals surface area contributed by atoms with Crippen molar-refractivity contribution in [2.24, 2.45) is 0 Å². The summed E-state index contributed by atoms with van der Waals surface area (Å²) in [6.45, 7) is 12.7. The number of benzene rings is 1. The monoisotopic (exact) mass is 201 g/mol. The second-order valence-corrected chi connectivity index (χ2v) is 4.54. The van der Waals surface area contributed by atoms with Gasteiger partial charge in [-0.25, -0.2) is 0 Å². The van der Waals surface area contributed by atoms with Gasteiger partial charge in [-0.15, -0.1) is 0 Å². The van der Waals surface area contributed by atoms with Crippen LogP contribution in [0.5, 0.6) is 0 Å². The van der Waals surface area contributed by atoms with E-state index >= 15 is 0 Å². The zero-order valence-electron chi connectivity index (χ0n) is 9.91. The fourth-order valence-electron chi connectivity index (χ4n) is 2.71. The smallest absolute Gasteiger partial charge is 0.0208 e. The molecule has 1 aliphatic rings. The molecule has 1 heteroatoms. The van der Waals surface area contributed by atoms with E-state index in [4.69, 9.17) is 0 Å². The molecule has 0 fully saturated rings. The largest absolute Gasteiger partial charge is 0.312 e. The molecule has 0 radical (unpaired) electrons. The molecule has 1 aromatic rings. The molecule has 0 atom stereocenters. The molecule has 1 aromatic carbocycles. The summed E-state index contributed by atoms with van der Waals surface area (Å²) < 4.78 is 0. The summed E-state index contributed by atoms with van der Waals surface area (Å²) in [6, 6.07) is 2.32. The van der Waals surface area contributed by atoms with Crippen LogP contribution in [-0.2, 0) is 13.0 Å². The highest BCUT2D eigenvalue weighted by molar-refractivity contribution is 5.69. The van der Waals surface area contributed by atoms with Crippen molar-refractivity contribution in [1.29, 1.82) is 0 Å². The first-order valence-electron chi connectivity index (χ1n) is 5.60. The van der Waals surface area contributed by atoms with Gasteiger partial charge in [0.1, 0.15) is 0 Å². The van der Waals surface area contributed by atoms with E-state index in [0.717, 1.165) is 19.5 Å². The fraction of sp³-hybridized carbons (Fsp3) is 0.429. The first-order chi connectivity index (χ1) is 7.11. The average molecular weight is 201 g/mol. The van der Waals surface area contributed by atoms with E-state index in [2.05, 4.69) is 38.7 Å². The van der Waals surface area contributed by atoms with Gasteiger partial charge in [0, 0.05) is 6.54 Å². The number of aryl methyl sites for hydroxylation is 1. The molecular weight excluding hydrogens is 182 g/mol. The molecule has 0 aromatic heterocycles. The van der Waals surface area contributed by atoms with Gasteiger partial charge in [-0.2, -0.15) is 0 Å². The molecular formula is C14H19N. The second kappa shape index (κ2) is 3.82. The van der Waals surface area contributed by atoms with Crippen LogP contribution in [0.3, 0.4) is 0 Å². The lowest BCUT2D eigenvalue weighted by Gasteiger charge is -2.23. The van der Waals surface area contributed by atoms with Gasteiger partial charge in [-0.05, 0) is 61.6 Å². The predicted octanol–water partition coefficient (Wildman–Crippen LogP) is 2.98. The van der Waals surface area contributed by atoms with Crippen LogP contribution in [0.25, 0.3) is 5.57 Å². The fourth-order valence-corrected chi connectivity index (χ4v) is 2.71. The van der Waals surface area contributed by atoms with Gasteiger partial charge in [-0.1, -0.05) is 18.2 Å². The van der Waals surface area contributed by atoms with Crippen LogP contribution in [-0.4, -0.2) is 6.54 Å². The maximum absolute atomic E-state index is 4.08. The third-order valence-electron chi connectivity index (χ3n) is 3.29. The maximum Gasteiger partial charge on any atom is 0.0208 e. The summed E-state index contributed by atoms with van der Waals surface area (Å²) in [6.07, 6.45) is 1.15. The summed E-state index contributed by atoms with van der Waals surface area (Å²) in [5.74, 6) is 0. The third kappa shape index (κ3) is 1.72. The number of fused-ring (bicyclic) bond motifs is 1. The summed E-state index contributed by atoms with van der Waals surface area (Å²) in [5, 5.41) is 3.42. The lowest BCUT2D eigenvalue weighted by Crippen LogP contribution is -2.25. The molecule has 15 heavy (non-hydrogen) atoms. The van der Waals surface area contributed by atoms with Crippen LogP contribution in [0.15, 0.2) is 12.6 Å². The van der Waals surface area contributed by atoms with E-state index in [-0.39, 0.29) is 0 Å². The molecule has 0 saturated heterocycles. The molecule has 0 spiro atoms. The summed E-state index contributed by atoms with van der Waals surface area (Å²) in [5.41, 5.74) is 8.38. The Morgan fingerprint density at radius 1 is 1.40 bits per heavy atom. The number of allylic oxidation sites excluding steroid dienone is 1. The Balaban J connectivity index is 2.64. The van der Waals surface area contributed by atoms with Crippen LogP contribution < -0.4 is 5.32 Å². The minimum atomic E-state index is 1.02. The Kier molecular flexibility index (Phi) is 2.66. The Bertz CT molecular complexity index is 416. The minimum absolute atomic E-state index is 1.02. The van der Waals surface area contributed by atoms with Crippen molar-refractivity contribution in [1.82, 2.24) is 5.32 Å². The van der Waals surface area contributed by atoms with Crippen LogP contribution in [0, 0.1) is 13.8 Å². The van der Waals surface area contributed by atoms with E-state index in [1.54, 1.807) is 0 Å².